The summed E-state index contributed by atoms with van der Waals surface area (Å²) in [6.07, 6.45) is 1.36. The summed E-state index contributed by atoms with van der Waals surface area (Å²) in [7, 11) is -2.54. The van der Waals surface area contributed by atoms with Gasteiger partial charge in [0.25, 0.3) is 8.53 Å². The molecule has 3 heterocycles. The van der Waals surface area contributed by atoms with Gasteiger partial charge in [0, 0.05) is 49.8 Å². The number of phosphoric acid groups is 1. The molecule has 81 heavy (non-hydrogen) atoms. The Labute approximate surface area is 481 Å². The van der Waals surface area contributed by atoms with Crippen LogP contribution in [-0.4, -0.2) is 96.9 Å². The number of nitrogens with zero attached hydrogens (tertiary/aromatic N) is 6. The lowest BCUT2D eigenvalue weighted by Gasteiger charge is -2.39. The molecule has 0 radical (unpaired) electrons. The number of hydrogen-bond acceptors (Lipinski definition) is 15. The molecule has 5 aromatic rings. The summed E-state index contributed by atoms with van der Waals surface area (Å²) in [6.45, 7) is 22.0. The van der Waals surface area contributed by atoms with Crippen molar-refractivity contribution in [2.45, 2.75) is 138 Å². The predicted molar refractivity (Wildman–Crippen MR) is 318 cm³/mol. The third-order valence-electron chi connectivity index (χ3n) is 13.3. The van der Waals surface area contributed by atoms with Gasteiger partial charge in [-0.15, -0.1) is 0 Å². The van der Waals surface area contributed by atoms with Gasteiger partial charge in [-0.25, -0.2) is 19.0 Å². The van der Waals surface area contributed by atoms with Gasteiger partial charge in [0.05, 0.1) is 64.5 Å². The number of rotatable bonds is 26. The number of benzene rings is 4. The molecule has 436 valence electrons. The van der Waals surface area contributed by atoms with E-state index in [0.29, 0.717) is 34.6 Å². The number of ether oxygens (including phenoxy) is 4. The molecule has 0 N–H and O–H groups in total. The number of para-hydroxylation sites is 1. The van der Waals surface area contributed by atoms with E-state index in [2.05, 4.69) is 87.9 Å². The molecule has 1 fully saturated rings. The normalized spacial score (nSPS) is 19.0. The maximum Gasteiger partial charge on any atom is 0.530 e. The molecule has 5 atom stereocenters. The van der Waals surface area contributed by atoms with Crippen molar-refractivity contribution in [1.82, 2.24) is 19.1 Å². The molecule has 1 saturated heterocycles. The van der Waals surface area contributed by atoms with E-state index in [9.17, 15) is 14.6 Å². The van der Waals surface area contributed by atoms with Crippen LogP contribution in [0.5, 0.6) is 17.2 Å². The number of methoxy groups -OCH3 is 2. The highest BCUT2D eigenvalue weighted by atomic mass is 31.2. The Bertz CT molecular complexity index is 2980. The van der Waals surface area contributed by atoms with Gasteiger partial charge in [0.2, 0.25) is 0 Å². The van der Waals surface area contributed by atoms with Crippen LogP contribution in [0.3, 0.4) is 0 Å². The third-order valence-corrected chi connectivity index (χ3v) is 17.0. The zero-order valence-electron chi connectivity index (χ0n) is 48.2. The van der Waals surface area contributed by atoms with Gasteiger partial charge in [-0.05, 0) is 100 Å². The van der Waals surface area contributed by atoms with E-state index in [-0.39, 0.29) is 64.4 Å². The molecule has 1 aromatic heterocycles. The molecule has 2 aliphatic rings. The number of aliphatic imine (C=N–C) groups is 1. The topological polar surface area (TPSA) is 178 Å². The molecule has 4 aromatic carbocycles. The zero-order valence-corrected chi connectivity index (χ0v) is 50.0. The molecule has 0 saturated carbocycles. The number of hydrogen-bond donors (Lipinski definition) is 0. The first-order chi connectivity index (χ1) is 38.3. The molecule has 0 aliphatic carbocycles. The summed E-state index contributed by atoms with van der Waals surface area (Å²) in [5.41, 5.74) is 0.839. The van der Waals surface area contributed by atoms with E-state index in [1.54, 1.807) is 38.9 Å². The van der Waals surface area contributed by atoms with Crippen molar-refractivity contribution in [3.05, 3.63) is 148 Å². The van der Waals surface area contributed by atoms with Crippen LogP contribution in [-0.2, 0) is 43.3 Å². The minimum Gasteiger partial charge on any atom is -0.497 e. The van der Waals surface area contributed by atoms with E-state index in [0.717, 1.165) is 35.3 Å². The second-order valence-corrected chi connectivity index (χ2v) is 24.5. The molecule has 17 nitrogen and oxygen atoms in total. The van der Waals surface area contributed by atoms with Gasteiger partial charge in [0.1, 0.15) is 40.8 Å². The highest BCUT2D eigenvalue weighted by Gasteiger charge is 2.46. The highest BCUT2D eigenvalue weighted by molar-refractivity contribution is 7.49. The summed E-state index contributed by atoms with van der Waals surface area (Å²) in [5, 5.41) is 9.59. The predicted octanol–water partition coefficient (Wildman–Crippen LogP) is 13.3. The van der Waals surface area contributed by atoms with Gasteiger partial charge in [-0.2, -0.15) is 10.2 Å². The van der Waals surface area contributed by atoms with Crippen molar-refractivity contribution in [1.29, 1.82) is 5.26 Å². The second kappa shape index (κ2) is 29.3. The summed E-state index contributed by atoms with van der Waals surface area (Å²) in [6, 6.07) is 35.0. The van der Waals surface area contributed by atoms with Crippen LogP contribution >= 0.6 is 16.3 Å². The molecule has 19 heteroatoms. The second-order valence-electron chi connectivity index (χ2n) is 21.5. The zero-order chi connectivity index (χ0) is 57.6. The fraction of sp³-hybridized carbons (Fsp3) is 0.484. The smallest absolute Gasteiger partial charge is 0.497 e. The van der Waals surface area contributed by atoms with Crippen molar-refractivity contribution in [2.75, 3.05) is 47.1 Å². The number of phosphoric ester groups is 1. The molecule has 2 aliphatic heterocycles. The van der Waals surface area contributed by atoms with Crippen molar-refractivity contribution in [2.24, 2.45) is 16.8 Å². The molecule has 5 unspecified atom stereocenters. The Morgan fingerprint density at radius 2 is 1.44 bits per heavy atom. The summed E-state index contributed by atoms with van der Waals surface area (Å²) in [5.74, 6) is 8.92. The van der Waals surface area contributed by atoms with Crippen LogP contribution < -0.4 is 19.7 Å². The fourth-order valence-corrected chi connectivity index (χ4v) is 13.1. The maximum atomic E-state index is 14.6. The quantitative estimate of drug-likeness (QED) is 0.0127. The Kier molecular flexibility index (Phi) is 23.3. The van der Waals surface area contributed by atoms with Gasteiger partial charge < -0.3 is 37.4 Å². The molecule has 7 rings (SSSR count). The summed E-state index contributed by atoms with van der Waals surface area (Å²) in [4.78, 5) is 26.1. The van der Waals surface area contributed by atoms with Crippen LogP contribution in [0.2, 0.25) is 0 Å². The average Bonchev–Trinajstić information content (AvgIpc) is 3.35. The van der Waals surface area contributed by atoms with Gasteiger partial charge in [-0.3, -0.25) is 13.6 Å². The summed E-state index contributed by atoms with van der Waals surface area (Å²) < 4.78 is 74.2. The van der Waals surface area contributed by atoms with E-state index in [1.165, 1.54) is 4.57 Å². The lowest BCUT2D eigenvalue weighted by molar-refractivity contribution is -0.0925. The fourth-order valence-electron chi connectivity index (χ4n) is 9.85. The monoisotopic (exact) mass is 1150 g/mol. The maximum absolute atomic E-state index is 14.6. The Morgan fingerprint density at radius 1 is 0.852 bits per heavy atom. The minimum atomic E-state index is -4.02. The standard InChI is InChI=1S/C61H78N6O11P2.CH4/c1-43(2)38-65(39-44(3)4)42-63-58-47(21-18-19-36-74-80(69)77-54-25-17-16-24-53(54)60(9,10)78-80)40-66(59(68)64-58)57-37-55(76-79(73-35-20-34-62)67(45(5)6)46(7)8)56(75-57)41-72-61(48-22-14-13-15-23-48,49-26-30-51(70-11)31-27-49)50-28-32-52(71-12)33-29-50;/h13-17,22-33,40,42-46,55-57H,19-20,35-39,41H2,1-12H3;1H4. The lowest BCUT2D eigenvalue weighted by Crippen LogP contribution is -2.39. The summed E-state index contributed by atoms with van der Waals surface area (Å²) >= 11 is 0. The van der Waals surface area contributed by atoms with Crippen LogP contribution in [0.4, 0.5) is 5.82 Å². The van der Waals surface area contributed by atoms with Crippen molar-refractivity contribution >= 4 is 28.5 Å². The number of fused-ring (bicyclic) bond motifs is 1. The van der Waals surface area contributed by atoms with Crippen LogP contribution in [0.25, 0.3) is 0 Å². The van der Waals surface area contributed by atoms with E-state index in [1.807, 2.05) is 105 Å². The molecule has 0 amide bonds. The third kappa shape index (κ3) is 16.4. The minimum absolute atomic E-state index is 0. The number of aromatic nitrogens is 2. The first-order valence-corrected chi connectivity index (χ1v) is 29.9. The molecule has 0 bridgehead atoms. The molecular weight excluding hydrogens is 1070 g/mol. The van der Waals surface area contributed by atoms with Crippen molar-refractivity contribution in [3.63, 3.8) is 0 Å². The first-order valence-electron chi connectivity index (χ1n) is 27.3. The van der Waals surface area contributed by atoms with Crippen molar-refractivity contribution < 1.29 is 46.1 Å². The van der Waals surface area contributed by atoms with E-state index in [4.69, 9.17) is 46.6 Å². The van der Waals surface area contributed by atoms with Crippen molar-refractivity contribution in [3.8, 4) is 35.2 Å². The van der Waals surface area contributed by atoms with E-state index >= 15 is 0 Å². The average molecular weight is 1150 g/mol. The van der Waals surface area contributed by atoms with Gasteiger partial charge >= 0.3 is 13.5 Å². The lowest BCUT2D eigenvalue weighted by atomic mass is 9.80. The Balaban J connectivity index is 0.0000106. The van der Waals surface area contributed by atoms with Crippen LogP contribution in [0.15, 0.2) is 119 Å². The van der Waals surface area contributed by atoms with E-state index < -0.39 is 51.7 Å². The Hall–Kier alpha value is -5.94. The van der Waals surface area contributed by atoms with Crippen LogP contribution in [0, 0.1) is 35.0 Å². The SMILES string of the molecule is C.COc1ccc(C(OCC2OC(n3cc(C#CCCOP4(=O)Oc5ccccc5C(C)(C)O4)c(N=CN(CC(C)C)CC(C)C)nc3=O)CC2OP(OCCC#N)N(C(C)C)C(C)C)(c2ccccc2)c2ccc(OC)cc2)cc1. The highest BCUT2D eigenvalue weighted by Crippen LogP contribution is 2.60. The first kappa shape index (κ1) is 64.2. The molecule has 0 spiro atoms. The Morgan fingerprint density at radius 3 is 2.02 bits per heavy atom. The number of nitriles is 1. The molecular formula is C62H82N6O11P2. The van der Waals surface area contributed by atoms with Crippen LogP contribution in [0.1, 0.15) is 130 Å². The largest absolute Gasteiger partial charge is 0.530 e. The van der Waals surface area contributed by atoms with Gasteiger partial charge in [-0.1, -0.05) is 120 Å². The van der Waals surface area contributed by atoms with Gasteiger partial charge in [0.15, 0.2) is 5.82 Å².